The number of fused-ring (bicyclic) bond motifs is 1. The first kappa shape index (κ1) is 11.5. The second kappa shape index (κ2) is 4.51. The van der Waals surface area contributed by atoms with E-state index in [0.717, 1.165) is 5.39 Å². The third kappa shape index (κ3) is 2.12. The van der Waals surface area contributed by atoms with Gasteiger partial charge in [0.15, 0.2) is 0 Å². The number of carbonyl (C=O) groups excluding carboxylic acids is 1. The van der Waals surface area contributed by atoms with E-state index in [0.29, 0.717) is 16.8 Å². The Labute approximate surface area is 98.9 Å². The second-order valence-electron chi connectivity index (χ2n) is 3.78. The molecule has 0 aliphatic carbocycles. The third-order valence-corrected chi connectivity index (χ3v) is 2.57. The van der Waals surface area contributed by atoms with E-state index < -0.39 is 12.1 Å². The van der Waals surface area contributed by atoms with Gasteiger partial charge in [-0.3, -0.25) is 4.98 Å². The van der Waals surface area contributed by atoms with Crippen molar-refractivity contribution >= 4 is 16.9 Å². The summed E-state index contributed by atoms with van der Waals surface area (Å²) in [4.78, 5) is 16.0. The molecule has 1 aromatic heterocycles. The fraction of sp³-hybridized carbons (Fsp3) is 0.231. The summed E-state index contributed by atoms with van der Waals surface area (Å²) in [6.07, 6.45) is -0.719. The van der Waals surface area contributed by atoms with Crippen LogP contribution in [-0.2, 0) is 4.74 Å². The Hall–Kier alpha value is -1.94. The molecule has 1 aromatic carbocycles. The van der Waals surface area contributed by atoms with Crippen molar-refractivity contribution in [3.63, 3.8) is 0 Å². The molecule has 1 unspecified atom stereocenters. The summed E-state index contributed by atoms with van der Waals surface area (Å²) in [5.41, 5.74) is 1.56. The number of hydrogen-bond donors (Lipinski definition) is 1. The van der Waals surface area contributed by atoms with Crippen LogP contribution in [0.15, 0.2) is 30.3 Å². The first-order valence-electron chi connectivity index (χ1n) is 5.29. The molecule has 1 N–H and O–H groups in total. The van der Waals surface area contributed by atoms with Gasteiger partial charge in [0.1, 0.15) is 0 Å². The van der Waals surface area contributed by atoms with Crippen molar-refractivity contribution in [3.8, 4) is 0 Å². The number of aliphatic hydroxyl groups is 1. The van der Waals surface area contributed by atoms with Gasteiger partial charge in [0.2, 0.25) is 0 Å². The molecule has 0 aliphatic heterocycles. The van der Waals surface area contributed by atoms with E-state index >= 15 is 0 Å². The number of benzene rings is 1. The van der Waals surface area contributed by atoms with Crippen LogP contribution >= 0.6 is 0 Å². The molecule has 0 amide bonds. The maximum atomic E-state index is 11.7. The van der Waals surface area contributed by atoms with E-state index in [1.165, 1.54) is 7.11 Å². The van der Waals surface area contributed by atoms with Crippen molar-refractivity contribution in [1.29, 1.82) is 0 Å². The zero-order valence-corrected chi connectivity index (χ0v) is 9.68. The summed E-state index contributed by atoms with van der Waals surface area (Å²) in [6, 6.07) is 8.84. The summed E-state index contributed by atoms with van der Waals surface area (Å²) in [5.74, 6) is -0.425. The van der Waals surface area contributed by atoms with Crippen LogP contribution in [0.5, 0.6) is 0 Å². The molecule has 88 valence electrons. The van der Waals surface area contributed by atoms with Crippen LogP contribution in [0.1, 0.15) is 29.1 Å². The standard InChI is InChI=1S/C13H13NO3/c1-8(15)12-7-10(13(16)17-2)9-5-3-4-6-11(9)14-12/h3-8,15H,1-2H3. The molecule has 17 heavy (non-hydrogen) atoms. The fourth-order valence-electron chi connectivity index (χ4n) is 1.69. The molecule has 4 heteroatoms. The molecule has 0 spiro atoms. The van der Waals surface area contributed by atoms with Crippen LogP contribution in [0, 0.1) is 0 Å². The summed E-state index contributed by atoms with van der Waals surface area (Å²) in [7, 11) is 1.33. The van der Waals surface area contributed by atoms with Crippen LogP contribution in [0.4, 0.5) is 0 Å². The molecule has 1 heterocycles. The predicted molar refractivity (Wildman–Crippen MR) is 63.7 cm³/mol. The summed E-state index contributed by atoms with van der Waals surface area (Å²) in [6.45, 7) is 1.61. The van der Waals surface area contributed by atoms with Crippen LogP contribution in [0.3, 0.4) is 0 Å². The predicted octanol–water partition coefficient (Wildman–Crippen LogP) is 2.07. The Morgan fingerprint density at radius 2 is 2.12 bits per heavy atom. The lowest BCUT2D eigenvalue weighted by atomic mass is 10.1. The normalized spacial score (nSPS) is 12.4. The molecule has 0 radical (unpaired) electrons. The van der Waals surface area contributed by atoms with Gasteiger partial charge in [-0.05, 0) is 19.1 Å². The number of rotatable bonds is 2. The Morgan fingerprint density at radius 3 is 2.76 bits per heavy atom. The molecule has 2 rings (SSSR count). The molecule has 0 saturated carbocycles. The largest absolute Gasteiger partial charge is 0.465 e. The highest BCUT2D eigenvalue weighted by Crippen LogP contribution is 2.22. The van der Waals surface area contributed by atoms with Crippen LogP contribution in [0.25, 0.3) is 10.9 Å². The topological polar surface area (TPSA) is 59.4 Å². The SMILES string of the molecule is COC(=O)c1cc(C(C)O)nc2ccccc12. The van der Waals surface area contributed by atoms with Gasteiger partial charge in [0, 0.05) is 5.39 Å². The summed E-state index contributed by atoms with van der Waals surface area (Å²) in [5, 5.41) is 10.3. The smallest absolute Gasteiger partial charge is 0.338 e. The number of aromatic nitrogens is 1. The minimum Gasteiger partial charge on any atom is -0.465 e. The van der Waals surface area contributed by atoms with Gasteiger partial charge in [-0.15, -0.1) is 0 Å². The second-order valence-corrected chi connectivity index (χ2v) is 3.78. The van der Waals surface area contributed by atoms with E-state index in [1.807, 2.05) is 12.1 Å². The van der Waals surface area contributed by atoms with Gasteiger partial charge in [0.05, 0.1) is 30.0 Å². The highest BCUT2D eigenvalue weighted by Gasteiger charge is 2.14. The molecule has 0 fully saturated rings. The lowest BCUT2D eigenvalue weighted by molar-refractivity contribution is 0.0602. The molecular formula is C13H13NO3. The fourth-order valence-corrected chi connectivity index (χ4v) is 1.69. The minimum atomic E-state index is -0.719. The van der Waals surface area contributed by atoms with Gasteiger partial charge in [-0.25, -0.2) is 4.79 Å². The molecule has 4 nitrogen and oxygen atoms in total. The zero-order chi connectivity index (χ0) is 12.4. The first-order chi connectivity index (χ1) is 8.13. The molecular weight excluding hydrogens is 218 g/mol. The monoisotopic (exact) mass is 231 g/mol. The number of carbonyl (C=O) groups is 1. The van der Waals surface area contributed by atoms with E-state index in [2.05, 4.69) is 4.98 Å². The highest BCUT2D eigenvalue weighted by molar-refractivity contribution is 6.03. The van der Waals surface area contributed by atoms with Gasteiger partial charge >= 0.3 is 5.97 Å². The maximum absolute atomic E-state index is 11.7. The Bertz CT molecular complexity index is 564. The van der Waals surface area contributed by atoms with Gasteiger partial charge in [-0.2, -0.15) is 0 Å². The van der Waals surface area contributed by atoms with Crippen LogP contribution in [-0.4, -0.2) is 23.2 Å². The summed E-state index contributed by atoms with van der Waals surface area (Å²) >= 11 is 0. The number of hydrogen-bond acceptors (Lipinski definition) is 4. The lowest BCUT2D eigenvalue weighted by Gasteiger charge is -2.09. The third-order valence-electron chi connectivity index (χ3n) is 2.57. The van der Waals surface area contributed by atoms with E-state index in [4.69, 9.17) is 4.74 Å². The molecule has 0 bridgehead atoms. The first-order valence-corrected chi connectivity index (χ1v) is 5.29. The van der Waals surface area contributed by atoms with Crippen molar-refractivity contribution in [2.75, 3.05) is 7.11 Å². The highest BCUT2D eigenvalue weighted by atomic mass is 16.5. The number of methoxy groups -OCH3 is 1. The van der Waals surface area contributed by atoms with E-state index in [-0.39, 0.29) is 0 Å². The minimum absolute atomic E-state index is 0.425. The van der Waals surface area contributed by atoms with Crippen molar-refractivity contribution in [2.24, 2.45) is 0 Å². The lowest BCUT2D eigenvalue weighted by Crippen LogP contribution is -2.06. The van der Waals surface area contributed by atoms with E-state index in [1.54, 1.807) is 25.1 Å². The van der Waals surface area contributed by atoms with Crippen LogP contribution in [0.2, 0.25) is 0 Å². The molecule has 2 aromatic rings. The van der Waals surface area contributed by atoms with Gasteiger partial charge < -0.3 is 9.84 Å². The van der Waals surface area contributed by atoms with Crippen molar-refractivity contribution < 1.29 is 14.6 Å². The number of aliphatic hydroxyl groups excluding tert-OH is 1. The number of ether oxygens (including phenoxy) is 1. The van der Waals surface area contributed by atoms with E-state index in [9.17, 15) is 9.90 Å². The average Bonchev–Trinajstić information content (AvgIpc) is 2.36. The molecule has 0 saturated heterocycles. The van der Waals surface area contributed by atoms with Crippen molar-refractivity contribution in [2.45, 2.75) is 13.0 Å². The molecule has 0 aliphatic rings. The van der Waals surface area contributed by atoms with Gasteiger partial charge in [0.25, 0.3) is 0 Å². The number of para-hydroxylation sites is 1. The Balaban J connectivity index is 2.73. The van der Waals surface area contributed by atoms with Crippen LogP contribution < -0.4 is 0 Å². The number of pyridine rings is 1. The maximum Gasteiger partial charge on any atom is 0.338 e. The van der Waals surface area contributed by atoms with Gasteiger partial charge in [-0.1, -0.05) is 18.2 Å². The summed E-state index contributed by atoms with van der Waals surface area (Å²) < 4.78 is 4.73. The number of esters is 1. The number of nitrogens with zero attached hydrogens (tertiary/aromatic N) is 1. The average molecular weight is 231 g/mol. The zero-order valence-electron chi connectivity index (χ0n) is 9.68. The molecule has 1 atom stereocenters. The van der Waals surface area contributed by atoms with Crippen molar-refractivity contribution in [3.05, 3.63) is 41.6 Å². The Kier molecular flexibility index (Phi) is 3.06. The van der Waals surface area contributed by atoms with Crippen molar-refractivity contribution in [1.82, 2.24) is 4.98 Å². The Morgan fingerprint density at radius 1 is 1.41 bits per heavy atom. The quantitative estimate of drug-likeness (QED) is 0.804.